The average Bonchev–Trinajstić information content (AvgIpc) is 2.36. The molecule has 0 saturated heterocycles. The molecule has 1 unspecified atom stereocenters. The van der Waals surface area contributed by atoms with E-state index in [2.05, 4.69) is 0 Å². The van der Waals surface area contributed by atoms with E-state index in [9.17, 15) is 9.90 Å². The van der Waals surface area contributed by atoms with Gasteiger partial charge in [0.1, 0.15) is 11.5 Å². The molecule has 0 radical (unpaired) electrons. The van der Waals surface area contributed by atoms with Crippen molar-refractivity contribution in [2.24, 2.45) is 0 Å². The maximum Gasteiger partial charge on any atom is 0.253 e. The molecule has 0 aliphatic heterocycles. The summed E-state index contributed by atoms with van der Waals surface area (Å²) in [5, 5.41) is 9.28. The summed E-state index contributed by atoms with van der Waals surface area (Å²) in [6.45, 7) is 1.91. The van der Waals surface area contributed by atoms with Crippen molar-refractivity contribution in [3.05, 3.63) is 23.8 Å². The number of rotatable bonds is 5. The van der Waals surface area contributed by atoms with Crippen molar-refractivity contribution in [2.45, 2.75) is 13.0 Å². The van der Waals surface area contributed by atoms with Crippen LogP contribution in [0.4, 0.5) is 0 Å². The summed E-state index contributed by atoms with van der Waals surface area (Å²) in [5.41, 5.74) is 0.467. The zero-order chi connectivity index (χ0) is 13.7. The first-order valence-electron chi connectivity index (χ1n) is 5.64. The van der Waals surface area contributed by atoms with Crippen LogP contribution in [0.15, 0.2) is 18.2 Å². The molecule has 5 nitrogen and oxygen atoms in total. The van der Waals surface area contributed by atoms with Crippen molar-refractivity contribution in [3.8, 4) is 11.5 Å². The van der Waals surface area contributed by atoms with Crippen molar-refractivity contribution < 1.29 is 19.4 Å². The minimum Gasteiger partial charge on any atom is -0.497 e. The number of methoxy groups -OCH3 is 2. The number of carbonyl (C=O) groups is 1. The molecule has 0 aromatic heterocycles. The van der Waals surface area contributed by atoms with Crippen LogP contribution in [0.3, 0.4) is 0 Å². The third-order valence-corrected chi connectivity index (χ3v) is 2.48. The molecule has 1 atom stereocenters. The van der Waals surface area contributed by atoms with Crippen molar-refractivity contribution in [3.63, 3.8) is 0 Å². The van der Waals surface area contributed by atoms with Crippen LogP contribution in [0.25, 0.3) is 0 Å². The highest BCUT2D eigenvalue weighted by molar-refractivity contribution is 5.95. The van der Waals surface area contributed by atoms with Gasteiger partial charge >= 0.3 is 0 Å². The lowest BCUT2D eigenvalue weighted by atomic mass is 10.1. The van der Waals surface area contributed by atoms with E-state index >= 15 is 0 Å². The Hall–Kier alpha value is -1.75. The van der Waals surface area contributed by atoms with Gasteiger partial charge in [0, 0.05) is 25.2 Å². The predicted octanol–water partition coefficient (Wildman–Crippen LogP) is 1.16. The fraction of sp³-hybridized carbons (Fsp3) is 0.462. The van der Waals surface area contributed by atoms with E-state index in [0.29, 0.717) is 17.1 Å². The standard InChI is InChI=1S/C13H19NO4/c1-9(15)8-14(2)13(16)10-5-11(17-3)7-12(6-10)18-4/h5-7,9,15H,8H2,1-4H3. The third kappa shape index (κ3) is 3.63. The van der Waals surface area contributed by atoms with Crippen molar-refractivity contribution >= 4 is 5.91 Å². The van der Waals surface area contributed by atoms with Crippen LogP contribution in [-0.2, 0) is 0 Å². The van der Waals surface area contributed by atoms with Gasteiger partial charge in [-0.1, -0.05) is 0 Å². The van der Waals surface area contributed by atoms with E-state index < -0.39 is 6.10 Å². The Bertz CT molecular complexity index is 395. The highest BCUT2D eigenvalue weighted by Gasteiger charge is 2.15. The van der Waals surface area contributed by atoms with E-state index in [1.165, 1.54) is 19.1 Å². The normalized spacial score (nSPS) is 11.8. The summed E-state index contributed by atoms with van der Waals surface area (Å²) in [6, 6.07) is 4.98. The van der Waals surface area contributed by atoms with E-state index in [0.717, 1.165) is 0 Å². The summed E-state index contributed by atoms with van der Waals surface area (Å²) >= 11 is 0. The van der Waals surface area contributed by atoms with Gasteiger partial charge in [-0.05, 0) is 19.1 Å². The van der Waals surface area contributed by atoms with Gasteiger partial charge in [0.05, 0.1) is 20.3 Å². The zero-order valence-corrected chi connectivity index (χ0v) is 11.1. The molecule has 100 valence electrons. The Morgan fingerprint density at radius 2 is 1.78 bits per heavy atom. The van der Waals surface area contributed by atoms with Crippen molar-refractivity contribution in [2.75, 3.05) is 27.8 Å². The molecule has 0 bridgehead atoms. The molecule has 0 heterocycles. The number of aliphatic hydroxyl groups excluding tert-OH is 1. The molecule has 1 amide bonds. The molecule has 5 heteroatoms. The molecule has 0 spiro atoms. The lowest BCUT2D eigenvalue weighted by molar-refractivity contribution is 0.0703. The van der Waals surface area contributed by atoms with Gasteiger partial charge in [-0.25, -0.2) is 0 Å². The SMILES string of the molecule is COc1cc(OC)cc(C(=O)N(C)CC(C)O)c1. The highest BCUT2D eigenvalue weighted by Crippen LogP contribution is 2.23. The smallest absolute Gasteiger partial charge is 0.253 e. The Labute approximate surface area is 107 Å². The molecule has 0 fully saturated rings. The first-order valence-corrected chi connectivity index (χ1v) is 5.64. The van der Waals surface area contributed by atoms with E-state index in [1.807, 2.05) is 0 Å². The van der Waals surface area contributed by atoms with Crippen LogP contribution in [0.5, 0.6) is 11.5 Å². The van der Waals surface area contributed by atoms with Gasteiger partial charge in [0.15, 0.2) is 0 Å². The predicted molar refractivity (Wildman–Crippen MR) is 68.2 cm³/mol. The topological polar surface area (TPSA) is 59.0 Å². The average molecular weight is 253 g/mol. The summed E-state index contributed by atoms with van der Waals surface area (Å²) in [5.74, 6) is 0.930. The summed E-state index contributed by atoms with van der Waals surface area (Å²) < 4.78 is 10.2. The first-order chi connectivity index (χ1) is 8.47. The lowest BCUT2D eigenvalue weighted by Gasteiger charge is -2.19. The van der Waals surface area contributed by atoms with Crippen LogP contribution in [-0.4, -0.2) is 49.8 Å². The van der Waals surface area contributed by atoms with Gasteiger partial charge in [-0.15, -0.1) is 0 Å². The monoisotopic (exact) mass is 253 g/mol. The number of amides is 1. The van der Waals surface area contributed by atoms with Gasteiger partial charge in [0.2, 0.25) is 0 Å². The molecule has 0 aliphatic rings. The van der Waals surface area contributed by atoms with E-state index in [4.69, 9.17) is 9.47 Å². The van der Waals surface area contributed by atoms with Gasteiger partial charge in [0.25, 0.3) is 5.91 Å². The molecule has 0 aliphatic carbocycles. The fourth-order valence-corrected chi connectivity index (χ4v) is 1.63. The van der Waals surface area contributed by atoms with Gasteiger partial charge in [-0.3, -0.25) is 4.79 Å². The van der Waals surface area contributed by atoms with Crippen LogP contribution < -0.4 is 9.47 Å². The lowest BCUT2D eigenvalue weighted by Crippen LogP contribution is -2.33. The van der Waals surface area contributed by atoms with Crippen LogP contribution in [0.1, 0.15) is 17.3 Å². The number of ether oxygens (including phenoxy) is 2. The Morgan fingerprint density at radius 3 is 2.17 bits per heavy atom. The molecular formula is C13H19NO4. The zero-order valence-electron chi connectivity index (χ0n) is 11.1. The van der Waals surface area contributed by atoms with Crippen LogP contribution in [0.2, 0.25) is 0 Å². The number of likely N-dealkylation sites (N-methyl/N-ethyl adjacent to an activating group) is 1. The number of hydrogen-bond donors (Lipinski definition) is 1. The summed E-state index contributed by atoms with van der Waals surface area (Å²) in [7, 11) is 4.70. The van der Waals surface area contributed by atoms with E-state index in [1.54, 1.807) is 32.2 Å². The molecule has 1 aromatic carbocycles. The second-order valence-electron chi connectivity index (χ2n) is 4.14. The second-order valence-corrected chi connectivity index (χ2v) is 4.14. The quantitative estimate of drug-likeness (QED) is 0.855. The Balaban J connectivity index is 2.97. The number of carbonyl (C=O) groups excluding carboxylic acids is 1. The number of benzene rings is 1. The van der Waals surface area contributed by atoms with Crippen LogP contribution >= 0.6 is 0 Å². The molecule has 1 aromatic rings. The first kappa shape index (κ1) is 14.3. The summed E-state index contributed by atoms with van der Waals surface area (Å²) in [4.78, 5) is 13.6. The fourth-order valence-electron chi connectivity index (χ4n) is 1.63. The van der Waals surface area contributed by atoms with Crippen molar-refractivity contribution in [1.82, 2.24) is 4.90 Å². The molecule has 1 N–H and O–H groups in total. The summed E-state index contributed by atoms with van der Waals surface area (Å²) in [6.07, 6.45) is -0.563. The van der Waals surface area contributed by atoms with E-state index in [-0.39, 0.29) is 12.5 Å². The minimum atomic E-state index is -0.563. The van der Waals surface area contributed by atoms with Gasteiger partial charge < -0.3 is 19.5 Å². The maximum absolute atomic E-state index is 12.1. The molecule has 1 rings (SSSR count). The Morgan fingerprint density at radius 1 is 1.28 bits per heavy atom. The number of nitrogens with zero attached hydrogens (tertiary/aromatic N) is 1. The van der Waals surface area contributed by atoms with Crippen LogP contribution in [0, 0.1) is 0 Å². The molecular weight excluding hydrogens is 234 g/mol. The highest BCUT2D eigenvalue weighted by atomic mass is 16.5. The van der Waals surface area contributed by atoms with Gasteiger partial charge in [-0.2, -0.15) is 0 Å². The second kappa shape index (κ2) is 6.26. The molecule has 0 saturated carbocycles. The van der Waals surface area contributed by atoms with Crippen molar-refractivity contribution in [1.29, 1.82) is 0 Å². The number of aliphatic hydroxyl groups is 1. The maximum atomic E-state index is 12.1. The number of hydrogen-bond acceptors (Lipinski definition) is 4. The third-order valence-electron chi connectivity index (χ3n) is 2.48. The minimum absolute atomic E-state index is 0.187. The Kier molecular flexibility index (Phi) is 4.97. The largest absolute Gasteiger partial charge is 0.497 e. The molecule has 18 heavy (non-hydrogen) atoms.